The number of nitrogen functional groups attached to an aromatic ring is 2. The summed E-state index contributed by atoms with van der Waals surface area (Å²) in [5, 5.41) is 0. The van der Waals surface area contributed by atoms with Crippen molar-refractivity contribution in [3.8, 4) is 0 Å². The second-order valence-corrected chi connectivity index (χ2v) is 7.11. The summed E-state index contributed by atoms with van der Waals surface area (Å²) in [5.74, 6) is 0. The largest absolute Gasteiger partial charge is 0.598 e. The minimum absolute atomic E-state index is 0.0297. The van der Waals surface area contributed by atoms with Crippen molar-refractivity contribution in [2.24, 2.45) is 0 Å². The number of hydrogen-bond donors (Lipinski definition) is 3. The predicted octanol–water partition coefficient (Wildman–Crippen LogP) is 1.96. The topological polar surface area (TPSA) is 87.1 Å². The van der Waals surface area contributed by atoms with Crippen LogP contribution in [-0.2, 0) is 11.4 Å². The number of hydrogen-bond acceptors (Lipinski definition) is 4. The van der Waals surface area contributed by atoms with E-state index in [9.17, 15) is 4.55 Å². The Hall–Kier alpha value is -0.910. The maximum atomic E-state index is 11.9. The third-order valence-electron chi connectivity index (χ3n) is 2.45. The van der Waals surface area contributed by atoms with Crippen LogP contribution >= 0.6 is 0 Å². The summed E-state index contributed by atoms with van der Waals surface area (Å²) in [6, 6.07) is 5.44. The van der Waals surface area contributed by atoms with Gasteiger partial charge in [-0.05, 0) is 45.4 Å². The minimum Gasteiger partial charge on any atom is -0.598 e. The Labute approximate surface area is 106 Å². The fourth-order valence-corrected chi connectivity index (χ4v) is 2.08. The lowest BCUT2D eigenvalue weighted by molar-refractivity contribution is 0.531. The summed E-state index contributed by atoms with van der Waals surface area (Å²) in [6.07, 6.45) is 0. The first kappa shape index (κ1) is 14.2. The Balaban J connectivity index is 2.76. The third-order valence-corrected chi connectivity index (χ3v) is 4.13. The van der Waals surface area contributed by atoms with Gasteiger partial charge >= 0.3 is 0 Å². The summed E-state index contributed by atoms with van der Waals surface area (Å²) in [7, 11) is 0. The molecule has 0 aliphatic carbocycles. The highest BCUT2D eigenvalue weighted by Crippen LogP contribution is 2.23. The van der Waals surface area contributed by atoms with Crippen LogP contribution in [0.15, 0.2) is 18.2 Å². The quantitative estimate of drug-likeness (QED) is 0.569. The average molecular weight is 255 g/mol. The van der Waals surface area contributed by atoms with Crippen molar-refractivity contribution in [1.29, 1.82) is 0 Å². The molecule has 0 fully saturated rings. The van der Waals surface area contributed by atoms with E-state index in [1.807, 2.05) is 39.8 Å². The fraction of sp³-hybridized carbons (Fsp3) is 0.500. The van der Waals surface area contributed by atoms with Crippen molar-refractivity contribution in [3.63, 3.8) is 0 Å². The first-order chi connectivity index (χ1) is 7.71. The van der Waals surface area contributed by atoms with Gasteiger partial charge < -0.3 is 16.0 Å². The normalized spacial score (nSPS) is 15.6. The zero-order valence-corrected chi connectivity index (χ0v) is 11.6. The van der Waals surface area contributed by atoms with E-state index in [2.05, 4.69) is 4.72 Å². The average Bonchev–Trinajstić information content (AvgIpc) is 2.20. The molecule has 96 valence electrons. The predicted molar refractivity (Wildman–Crippen MR) is 74.7 cm³/mol. The van der Waals surface area contributed by atoms with Gasteiger partial charge in [-0.1, -0.05) is 6.07 Å². The fourth-order valence-electron chi connectivity index (χ4n) is 1.27. The van der Waals surface area contributed by atoms with Crippen LogP contribution in [-0.4, -0.2) is 9.30 Å². The van der Waals surface area contributed by atoms with E-state index in [4.69, 9.17) is 11.5 Å². The van der Waals surface area contributed by atoms with E-state index in [0.29, 0.717) is 11.4 Å². The van der Waals surface area contributed by atoms with Crippen LogP contribution in [0.2, 0.25) is 0 Å². The van der Waals surface area contributed by atoms with Crippen LogP contribution in [0.4, 0.5) is 11.4 Å². The summed E-state index contributed by atoms with van der Waals surface area (Å²) in [6.45, 7) is 7.75. The Morgan fingerprint density at radius 3 is 2.29 bits per heavy atom. The number of rotatable bonds is 3. The molecule has 4 nitrogen and oxygen atoms in total. The van der Waals surface area contributed by atoms with Gasteiger partial charge in [-0.15, -0.1) is 4.72 Å². The van der Waals surface area contributed by atoms with Crippen molar-refractivity contribution < 1.29 is 4.55 Å². The highest BCUT2D eigenvalue weighted by atomic mass is 32.2. The summed E-state index contributed by atoms with van der Waals surface area (Å²) < 4.78 is 14.7. The first-order valence-electron chi connectivity index (χ1n) is 5.54. The Morgan fingerprint density at radius 2 is 1.82 bits per heavy atom. The van der Waals surface area contributed by atoms with Gasteiger partial charge in [-0.25, -0.2) is 0 Å². The van der Waals surface area contributed by atoms with E-state index in [1.54, 1.807) is 6.07 Å². The highest BCUT2D eigenvalue weighted by Gasteiger charge is 2.28. The smallest absolute Gasteiger partial charge is 0.136 e. The molecule has 0 spiro atoms. The molecule has 0 radical (unpaired) electrons. The van der Waals surface area contributed by atoms with Gasteiger partial charge in [0.25, 0.3) is 0 Å². The van der Waals surface area contributed by atoms with Gasteiger partial charge in [0.15, 0.2) is 0 Å². The Bertz CT molecular complexity index is 390. The van der Waals surface area contributed by atoms with Crippen LogP contribution in [0.5, 0.6) is 0 Å². The minimum atomic E-state index is -1.10. The molecule has 0 aliphatic rings. The van der Waals surface area contributed by atoms with Crippen LogP contribution < -0.4 is 16.2 Å². The molecule has 5 N–H and O–H groups in total. The molecule has 2 atom stereocenters. The van der Waals surface area contributed by atoms with Crippen molar-refractivity contribution in [3.05, 3.63) is 23.8 Å². The van der Waals surface area contributed by atoms with Crippen molar-refractivity contribution >= 4 is 22.7 Å². The van der Waals surface area contributed by atoms with Gasteiger partial charge in [0, 0.05) is 11.4 Å². The molecule has 0 saturated heterocycles. The highest BCUT2D eigenvalue weighted by molar-refractivity contribution is 7.90. The molecule has 1 aromatic rings. The zero-order chi connectivity index (χ0) is 13.2. The van der Waals surface area contributed by atoms with Crippen LogP contribution in [0.3, 0.4) is 0 Å². The number of benzene rings is 1. The van der Waals surface area contributed by atoms with Gasteiger partial charge in [0.05, 0.1) is 17.4 Å². The molecule has 1 aromatic carbocycles. The molecular formula is C12H21N3OS. The molecule has 17 heavy (non-hydrogen) atoms. The molecule has 0 heterocycles. The molecule has 0 aromatic heterocycles. The number of anilines is 2. The second kappa shape index (κ2) is 5.16. The lowest BCUT2D eigenvalue weighted by atomic mass is 10.1. The van der Waals surface area contributed by atoms with Crippen LogP contribution in [0, 0.1) is 0 Å². The molecule has 0 unspecified atom stereocenters. The van der Waals surface area contributed by atoms with Crippen LogP contribution in [0.1, 0.15) is 39.3 Å². The van der Waals surface area contributed by atoms with Gasteiger partial charge in [-0.3, -0.25) is 0 Å². The van der Waals surface area contributed by atoms with Crippen molar-refractivity contribution in [2.45, 2.75) is 38.5 Å². The zero-order valence-electron chi connectivity index (χ0n) is 10.8. The molecule has 0 bridgehead atoms. The molecule has 0 aliphatic heterocycles. The van der Waals surface area contributed by atoms with E-state index in [1.165, 1.54) is 0 Å². The molecular weight excluding hydrogens is 234 g/mol. The summed E-state index contributed by atoms with van der Waals surface area (Å²) in [5.41, 5.74) is 13.5. The Morgan fingerprint density at radius 1 is 1.24 bits per heavy atom. The van der Waals surface area contributed by atoms with Gasteiger partial charge in [0.2, 0.25) is 0 Å². The lowest BCUT2D eigenvalue weighted by Crippen LogP contribution is -2.40. The summed E-state index contributed by atoms with van der Waals surface area (Å²) in [4.78, 5) is 0. The Kier molecular flexibility index (Phi) is 4.30. The third kappa shape index (κ3) is 3.80. The molecule has 1 rings (SSSR count). The summed E-state index contributed by atoms with van der Waals surface area (Å²) >= 11 is -1.10. The maximum Gasteiger partial charge on any atom is 0.136 e. The molecule has 0 saturated carbocycles. The maximum absolute atomic E-state index is 11.9. The monoisotopic (exact) mass is 255 g/mol. The molecule has 5 heteroatoms. The SMILES string of the molecule is C[C@H](N[S@@+]([O-])C(C)(C)C)c1ccc(N)c(N)c1. The van der Waals surface area contributed by atoms with Crippen molar-refractivity contribution in [1.82, 2.24) is 4.72 Å². The van der Waals surface area contributed by atoms with Gasteiger partial charge in [0.1, 0.15) is 4.75 Å². The van der Waals surface area contributed by atoms with E-state index < -0.39 is 11.4 Å². The van der Waals surface area contributed by atoms with E-state index >= 15 is 0 Å². The first-order valence-corrected chi connectivity index (χ1v) is 6.69. The second-order valence-electron chi connectivity index (χ2n) is 5.11. The van der Waals surface area contributed by atoms with Crippen LogP contribution in [0.25, 0.3) is 0 Å². The standard InChI is InChI=1S/C12H21N3OS/c1-8(15-17(16)12(2,3)4)9-5-6-10(13)11(14)7-9/h5-8,15H,13-14H2,1-4H3/t8-,17-/m0/s1. The van der Waals surface area contributed by atoms with E-state index in [0.717, 1.165) is 5.56 Å². The number of nitrogens with one attached hydrogen (secondary N) is 1. The molecule has 0 amide bonds. The van der Waals surface area contributed by atoms with Gasteiger partial charge in [-0.2, -0.15) is 0 Å². The lowest BCUT2D eigenvalue weighted by Gasteiger charge is -2.26. The van der Waals surface area contributed by atoms with Crippen molar-refractivity contribution in [2.75, 3.05) is 11.5 Å². The van der Waals surface area contributed by atoms with E-state index in [-0.39, 0.29) is 10.8 Å². The number of nitrogens with two attached hydrogens (primary N) is 2.